The van der Waals surface area contributed by atoms with E-state index in [0.29, 0.717) is 6.04 Å². The average molecular weight is 309 g/mol. The number of anilines is 1. The highest BCUT2D eigenvalue weighted by Gasteiger charge is 2.08. The molecule has 5 heteroatoms. The summed E-state index contributed by atoms with van der Waals surface area (Å²) in [6.07, 6.45) is 3.58. The van der Waals surface area contributed by atoms with E-state index in [1.165, 1.54) is 0 Å². The third-order valence-electron chi connectivity index (χ3n) is 4.00. The van der Waals surface area contributed by atoms with Gasteiger partial charge in [0.05, 0.1) is 5.52 Å². The second-order valence-corrected chi connectivity index (χ2v) is 5.96. The monoisotopic (exact) mass is 309 g/mol. The lowest BCUT2D eigenvalue weighted by Crippen LogP contribution is -2.12. The Hall–Kier alpha value is -2.43. The second kappa shape index (κ2) is 6.77. The van der Waals surface area contributed by atoms with Gasteiger partial charge in [-0.15, -0.1) is 10.2 Å². The predicted octanol–water partition coefficient (Wildman–Crippen LogP) is 3.62. The smallest absolute Gasteiger partial charge is 0.134 e. The third kappa shape index (κ3) is 3.33. The molecule has 1 aromatic carbocycles. The van der Waals surface area contributed by atoms with Crippen LogP contribution in [0.1, 0.15) is 38.3 Å². The van der Waals surface area contributed by atoms with E-state index in [4.69, 9.17) is 0 Å². The van der Waals surface area contributed by atoms with Gasteiger partial charge in [0.15, 0.2) is 0 Å². The fourth-order valence-electron chi connectivity index (χ4n) is 2.74. The van der Waals surface area contributed by atoms with Gasteiger partial charge in [0.2, 0.25) is 0 Å². The minimum Gasteiger partial charge on any atom is -0.384 e. The number of nitrogens with zero attached hydrogens (tertiary/aromatic N) is 4. The Labute approximate surface area is 136 Å². The van der Waals surface area contributed by atoms with Crippen LogP contribution in [0, 0.1) is 0 Å². The standard InChI is InChI=1S/C18H23N5/c1-4-14-11-17(15-7-5-6-8-16(15)21-14)19-10-9-18-22-20-12-23(18)13(2)3/h5-8,11-13H,4,9-10H2,1-3H3,(H,19,21). The highest BCUT2D eigenvalue weighted by Crippen LogP contribution is 2.23. The lowest BCUT2D eigenvalue weighted by molar-refractivity contribution is 0.568. The van der Waals surface area contributed by atoms with Crippen molar-refractivity contribution in [3.05, 3.63) is 48.2 Å². The van der Waals surface area contributed by atoms with Crippen molar-refractivity contribution in [1.29, 1.82) is 0 Å². The Kier molecular flexibility index (Phi) is 4.55. The highest BCUT2D eigenvalue weighted by molar-refractivity contribution is 5.91. The number of benzene rings is 1. The Morgan fingerprint density at radius 3 is 2.83 bits per heavy atom. The molecule has 0 aliphatic carbocycles. The highest BCUT2D eigenvalue weighted by atomic mass is 15.3. The van der Waals surface area contributed by atoms with Gasteiger partial charge in [-0.05, 0) is 32.4 Å². The summed E-state index contributed by atoms with van der Waals surface area (Å²) in [5, 5.41) is 13.0. The first-order valence-corrected chi connectivity index (χ1v) is 8.20. The van der Waals surface area contributed by atoms with E-state index in [9.17, 15) is 0 Å². The molecule has 0 amide bonds. The lowest BCUT2D eigenvalue weighted by Gasteiger charge is -2.13. The van der Waals surface area contributed by atoms with E-state index < -0.39 is 0 Å². The Balaban J connectivity index is 1.77. The number of aromatic nitrogens is 4. The van der Waals surface area contributed by atoms with E-state index in [-0.39, 0.29) is 0 Å². The molecule has 3 aromatic rings. The summed E-state index contributed by atoms with van der Waals surface area (Å²) in [7, 11) is 0. The molecule has 0 unspecified atom stereocenters. The van der Waals surface area contributed by atoms with Gasteiger partial charge >= 0.3 is 0 Å². The van der Waals surface area contributed by atoms with Crippen molar-refractivity contribution in [1.82, 2.24) is 19.7 Å². The minimum absolute atomic E-state index is 0.383. The lowest BCUT2D eigenvalue weighted by atomic mass is 10.1. The molecule has 0 atom stereocenters. The van der Waals surface area contributed by atoms with Crippen molar-refractivity contribution < 1.29 is 0 Å². The van der Waals surface area contributed by atoms with Gasteiger partial charge in [-0.2, -0.15) is 0 Å². The SMILES string of the molecule is CCc1cc(NCCc2nncn2C(C)C)c2ccccc2n1. The van der Waals surface area contributed by atoms with E-state index in [1.807, 2.05) is 6.07 Å². The summed E-state index contributed by atoms with van der Waals surface area (Å²) >= 11 is 0. The molecule has 0 fully saturated rings. The van der Waals surface area contributed by atoms with Gasteiger partial charge < -0.3 is 9.88 Å². The average Bonchev–Trinajstić information content (AvgIpc) is 3.03. The Morgan fingerprint density at radius 1 is 1.22 bits per heavy atom. The number of rotatable bonds is 6. The molecule has 0 bridgehead atoms. The van der Waals surface area contributed by atoms with Crippen molar-refractivity contribution in [3.8, 4) is 0 Å². The van der Waals surface area contributed by atoms with Crippen molar-refractivity contribution in [2.75, 3.05) is 11.9 Å². The summed E-state index contributed by atoms with van der Waals surface area (Å²) in [4.78, 5) is 4.68. The number of aryl methyl sites for hydroxylation is 1. The van der Waals surface area contributed by atoms with Crippen LogP contribution in [0.25, 0.3) is 10.9 Å². The first kappa shape index (κ1) is 15.5. The topological polar surface area (TPSA) is 55.6 Å². The number of fused-ring (bicyclic) bond motifs is 1. The van der Waals surface area contributed by atoms with Crippen molar-refractivity contribution in [2.45, 2.75) is 39.7 Å². The van der Waals surface area contributed by atoms with Crippen LogP contribution in [0.15, 0.2) is 36.7 Å². The van der Waals surface area contributed by atoms with Crippen LogP contribution in [0.2, 0.25) is 0 Å². The molecule has 0 radical (unpaired) electrons. The summed E-state index contributed by atoms with van der Waals surface area (Å²) in [5.41, 5.74) is 3.29. The number of para-hydroxylation sites is 1. The maximum atomic E-state index is 4.68. The molecular formula is C18H23N5. The van der Waals surface area contributed by atoms with Gasteiger partial charge in [-0.1, -0.05) is 25.1 Å². The summed E-state index contributed by atoms with van der Waals surface area (Å²) < 4.78 is 2.11. The molecule has 2 aromatic heterocycles. The summed E-state index contributed by atoms with van der Waals surface area (Å²) in [6.45, 7) is 7.24. The zero-order valence-electron chi connectivity index (χ0n) is 14.0. The fraction of sp³-hybridized carbons (Fsp3) is 0.389. The predicted molar refractivity (Wildman–Crippen MR) is 93.7 cm³/mol. The molecule has 0 saturated heterocycles. The van der Waals surface area contributed by atoms with E-state index in [2.05, 4.69) is 70.1 Å². The van der Waals surface area contributed by atoms with Gasteiger partial charge in [0.1, 0.15) is 12.2 Å². The fourth-order valence-corrected chi connectivity index (χ4v) is 2.74. The van der Waals surface area contributed by atoms with Gasteiger partial charge in [-0.3, -0.25) is 4.98 Å². The van der Waals surface area contributed by atoms with Gasteiger partial charge in [0, 0.05) is 35.8 Å². The maximum Gasteiger partial charge on any atom is 0.134 e. The van der Waals surface area contributed by atoms with Crippen LogP contribution in [-0.4, -0.2) is 26.3 Å². The first-order chi connectivity index (χ1) is 11.2. The normalized spacial score (nSPS) is 11.3. The molecular weight excluding hydrogens is 286 g/mol. The molecule has 0 saturated carbocycles. The van der Waals surface area contributed by atoms with Crippen LogP contribution in [0.3, 0.4) is 0 Å². The molecule has 23 heavy (non-hydrogen) atoms. The van der Waals surface area contributed by atoms with E-state index in [0.717, 1.165) is 47.5 Å². The molecule has 0 aliphatic heterocycles. The molecule has 1 N–H and O–H groups in total. The van der Waals surface area contributed by atoms with Crippen LogP contribution in [0.4, 0.5) is 5.69 Å². The molecule has 2 heterocycles. The largest absolute Gasteiger partial charge is 0.384 e. The van der Waals surface area contributed by atoms with E-state index >= 15 is 0 Å². The van der Waals surface area contributed by atoms with Gasteiger partial charge in [0.25, 0.3) is 0 Å². The molecule has 5 nitrogen and oxygen atoms in total. The van der Waals surface area contributed by atoms with Crippen LogP contribution in [-0.2, 0) is 12.8 Å². The number of nitrogens with one attached hydrogen (secondary N) is 1. The second-order valence-electron chi connectivity index (χ2n) is 5.96. The Morgan fingerprint density at radius 2 is 2.04 bits per heavy atom. The van der Waals surface area contributed by atoms with Crippen LogP contribution < -0.4 is 5.32 Å². The number of pyridine rings is 1. The van der Waals surface area contributed by atoms with Crippen LogP contribution >= 0.6 is 0 Å². The van der Waals surface area contributed by atoms with Crippen molar-refractivity contribution in [2.24, 2.45) is 0 Å². The quantitative estimate of drug-likeness (QED) is 0.755. The number of hydrogen-bond acceptors (Lipinski definition) is 4. The molecule has 0 aliphatic rings. The maximum absolute atomic E-state index is 4.68. The minimum atomic E-state index is 0.383. The first-order valence-electron chi connectivity index (χ1n) is 8.20. The van der Waals surface area contributed by atoms with Gasteiger partial charge in [-0.25, -0.2) is 0 Å². The number of hydrogen-bond donors (Lipinski definition) is 1. The Bertz CT molecular complexity index is 791. The van der Waals surface area contributed by atoms with E-state index in [1.54, 1.807) is 6.33 Å². The summed E-state index contributed by atoms with van der Waals surface area (Å²) in [5.74, 6) is 1.02. The van der Waals surface area contributed by atoms with Crippen molar-refractivity contribution >= 4 is 16.6 Å². The molecule has 120 valence electrons. The summed E-state index contributed by atoms with van der Waals surface area (Å²) in [6, 6.07) is 10.8. The van der Waals surface area contributed by atoms with Crippen molar-refractivity contribution in [3.63, 3.8) is 0 Å². The molecule has 3 rings (SSSR count). The third-order valence-corrected chi connectivity index (χ3v) is 4.00. The zero-order valence-corrected chi connectivity index (χ0v) is 14.0. The zero-order chi connectivity index (χ0) is 16.2. The molecule has 0 spiro atoms. The van der Waals surface area contributed by atoms with Crippen LogP contribution in [0.5, 0.6) is 0 Å².